The quantitative estimate of drug-likeness (QED) is 0.613. The van der Waals surface area contributed by atoms with Crippen LogP contribution in [0.25, 0.3) is 10.8 Å². The van der Waals surface area contributed by atoms with E-state index in [1.54, 1.807) is 11.3 Å². The minimum Gasteiger partial charge on any atom is -0.348 e. The predicted molar refractivity (Wildman–Crippen MR) is 120 cm³/mol. The number of rotatable bonds is 4. The first-order valence-corrected chi connectivity index (χ1v) is 11.4. The molecular weight excluding hydrogens is 410 g/mol. The summed E-state index contributed by atoms with van der Waals surface area (Å²) in [6.07, 6.45) is 2.31. The fraction of sp³-hybridized carbons (Fsp3) is 0.292. The molecule has 0 unspecified atom stereocenters. The average Bonchev–Trinajstić information content (AvgIpc) is 3.34. The molecule has 1 aliphatic heterocycles. The van der Waals surface area contributed by atoms with E-state index in [1.165, 1.54) is 0 Å². The van der Waals surface area contributed by atoms with Gasteiger partial charge in [-0.1, -0.05) is 42.5 Å². The van der Waals surface area contributed by atoms with Crippen molar-refractivity contribution in [1.29, 1.82) is 0 Å². The highest BCUT2D eigenvalue weighted by Crippen LogP contribution is 2.42. The van der Waals surface area contributed by atoms with Gasteiger partial charge in [0.1, 0.15) is 12.1 Å². The Hall–Kier alpha value is -3.19. The molecule has 2 aliphatic rings. The Morgan fingerprint density at radius 2 is 2.00 bits per heavy atom. The van der Waals surface area contributed by atoms with E-state index in [0.717, 1.165) is 44.5 Å². The zero-order valence-corrected chi connectivity index (χ0v) is 18.0. The predicted octanol–water partition coefficient (Wildman–Crippen LogP) is 3.86. The first-order chi connectivity index (χ1) is 15.0. The third-order valence-electron chi connectivity index (χ3n) is 6.31. The van der Waals surface area contributed by atoms with Gasteiger partial charge in [-0.3, -0.25) is 14.5 Å². The summed E-state index contributed by atoms with van der Waals surface area (Å²) in [5.41, 5.74) is 0.857. The van der Waals surface area contributed by atoms with Crippen molar-refractivity contribution in [3.63, 3.8) is 0 Å². The summed E-state index contributed by atoms with van der Waals surface area (Å²) in [7, 11) is 0. The minimum atomic E-state index is -1.02. The molecule has 1 saturated heterocycles. The lowest BCUT2D eigenvalue weighted by molar-refractivity contribution is -0.135. The van der Waals surface area contributed by atoms with Crippen molar-refractivity contribution in [2.24, 2.45) is 0 Å². The maximum Gasteiger partial charge on any atom is 0.325 e. The number of fused-ring (bicyclic) bond motifs is 3. The zero-order valence-electron chi connectivity index (χ0n) is 17.2. The van der Waals surface area contributed by atoms with E-state index < -0.39 is 11.6 Å². The van der Waals surface area contributed by atoms with Gasteiger partial charge >= 0.3 is 6.03 Å². The van der Waals surface area contributed by atoms with Crippen LogP contribution in [0.4, 0.5) is 4.79 Å². The lowest BCUT2D eigenvalue weighted by Gasteiger charge is -2.31. The summed E-state index contributed by atoms with van der Waals surface area (Å²) in [4.78, 5) is 40.9. The molecule has 2 aromatic carbocycles. The second-order valence-corrected chi connectivity index (χ2v) is 9.20. The summed E-state index contributed by atoms with van der Waals surface area (Å²) in [5, 5.41) is 9.96. The molecule has 1 spiro atoms. The molecule has 5 rings (SSSR count). The van der Waals surface area contributed by atoms with E-state index in [2.05, 4.69) is 10.6 Å². The molecule has 7 heteroatoms. The van der Waals surface area contributed by atoms with Crippen molar-refractivity contribution in [3.05, 3.63) is 69.9 Å². The van der Waals surface area contributed by atoms with Crippen molar-refractivity contribution in [3.8, 4) is 0 Å². The van der Waals surface area contributed by atoms with Crippen LogP contribution < -0.4 is 10.6 Å². The molecule has 2 N–H and O–H groups in total. The van der Waals surface area contributed by atoms with E-state index in [4.69, 9.17) is 0 Å². The highest BCUT2D eigenvalue weighted by molar-refractivity contribution is 7.10. The van der Waals surface area contributed by atoms with Gasteiger partial charge in [-0.15, -0.1) is 11.3 Å². The third-order valence-corrected chi connectivity index (χ3v) is 7.29. The Kier molecular flexibility index (Phi) is 4.78. The van der Waals surface area contributed by atoms with E-state index in [-0.39, 0.29) is 24.4 Å². The number of hydrogen-bond acceptors (Lipinski definition) is 4. The van der Waals surface area contributed by atoms with Crippen LogP contribution in [-0.2, 0) is 21.5 Å². The number of amides is 4. The fourth-order valence-corrected chi connectivity index (χ4v) is 5.82. The van der Waals surface area contributed by atoms with Crippen LogP contribution in [0.5, 0.6) is 0 Å². The largest absolute Gasteiger partial charge is 0.348 e. The van der Waals surface area contributed by atoms with Gasteiger partial charge in [0.05, 0.1) is 6.04 Å². The average molecular weight is 434 g/mol. The van der Waals surface area contributed by atoms with Crippen LogP contribution in [0.3, 0.4) is 0 Å². The first kappa shape index (κ1) is 19.8. The van der Waals surface area contributed by atoms with Gasteiger partial charge in [-0.2, -0.15) is 0 Å². The first-order valence-electron chi connectivity index (χ1n) is 10.5. The summed E-state index contributed by atoms with van der Waals surface area (Å²) in [5.74, 6) is -0.688. The van der Waals surface area contributed by atoms with Gasteiger partial charge in [-0.25, -0.2) is 4.79 Å². The Morgan fingerprint density at radius 3 is 2.87 bits per heavy atom. The monoisotopic (exact) mass is 433 g/mol. The summed E-state index contributed by atoms with van der Waals surface area (Å²) >= 11 is 1.61. The van der Waals surface area contributed by atoms with Crippen LogP contribution in [0.2, 0.25) is 0 Å². The number of imide groups is 1. The Morgan fingerprint density at radius 1 is 1.19 bits per heavy atom. The molecule has 0 radical (unpaired) electrons. The molecule has 31 heavy (non-hydrogen) atoms. The molecule has 4 amide bonds. The highest BCUT2D eigenvalue weighted by atomic mass is 32.1. The van der Waals surface area contributed by atoms with E-state index in [9.17, 15) is 14.4 Å². The Balaban J connectivity index is 1.33. The molecule has 0 saturated carbocycles. The molecule has 2 atom stereocenters. The highest BCUT2D eigenvalue weighted by Gasteiger charge is 2.54. The van der Waals surface area contributed by atoms with Crippen molar-refractivity contribution in [1.82, 2.24) is 15.5 Å². The van der Waals surface area contributed by atoms with Crippen LogP contribution >= 0.6 is 11.3 Å². The number of hydrogen-bond donors (Lipinski definition) is 2. The molecule has 2 heterocycles. The maximum atomic E-state index is 13.3. The van der Waals surface area contributed by atoms with Crippen molar-refractivity contribution in [2.45, 2.75) is 37.8 Å². The molecule has 6 nitrogen and oxygen atoms in total. The van der Waals surface area contributed by atoms with Gasteiger partial charge in [0, 0.05) is 10.4 Å². The topological polar surface area (TPSA) is 78.5 Å². The van der Waals surface area contributed by atoms with Crippen LogP contribution in [0.1, 0.15) is 41.8 Å². The molecule has 1 aromatic heterocycles. The van der Waals surface area contributed by atoms with Gasteiger partial charge in [-0.05, 0) is 54.0 Å². The molecule has 3 aromatic rings. The van der Waals surface area contributed by atoms with Gasteiger partial charge in [0.2, 0.25) is 5.91 Å². The molecule has 1 fully saturated rings. The minimum absolute atomic E-state index is 0.258. The van der Waals surface area contributed by atoms with Crippen LogP contribution in [0, 0.1) is 0 Å². The summed E-state index contributed by atoms with van der Waals surface area (Å²) in [6, 6.07) is 15.1. The lowest BCUT2D eigenvalue weighted by atomic mass is 9.80. The third kappa shape index (κ3) is 3.20. The van der Waals surface area contributed by atoms with Crippen molar-refractivity contribution in [2.75, 3.05) is 6.54 Å². The van der Waals surface area contributed by atoms with E-state index in [0.29, 0.717) is 6.42 Å². The Labute approximate surface area is 184 Å². The van der Waals surface area contributed by atoms with Crippen LogP contribution in [-0.4, -0.2) is 29.3 Å². The SMILES string of the molecule is C[C@H](NC(=O)CN1C(=O)N[C@@]2(CCCc3sccc32)C1=O)c1cccc2ccccc12. The summed E-state index contributed by atoms with van der Waals surface area (Å²) < 4.78 is 0. The second-order valence-electron chi connectivity index (χ2n) is 8.20. The second kappa shape index (κ2) is 7.50. The zero-order chi connectivity index (χ0) is 21.6. The maximum absolute atomic E-state index is 13.3. The van der Waals surface area contributed by atoms with E-state index in [1.807, 2.05) is 60.8 Å². The van der Waals surface area contributed by atoms with Gasteiger partial charge in [0.25, 0.3) is 5.91 Å². The number of nitrogens with one attached hydrogen (secondary N) is 2. The number of carbonyl (C=O) groups is 3. The smallest absolute Gasteiger partial charge is 0.325 e. The van der Waals surface area contributed by atoms with Gasteiger partial charge in [0.15, 0.2) is 0 Å². The van der Waals surface area contributed by atoms with Crippen LogP contribution in [0.15, 0.2) is 53.9 Å². The molecule has 0 bridgehead atoms. The molecular formula is C24H23N3O3S. The number of carbonyl (C=O) groups excluding carboxylic acids is 3. The van der Waals surface area contributed by atoms with Crippen molar-refractivity contribution < 1.29 is 14.4 Å². The number of aryl methyl sites for hydroxylation is 1. The Bertz CT molecular complexity index is 1200. The number of benzene rings is 2. The molecule has 1 aliphatic carbocycles. The number of nitrogens with zero attached hydrogens (tertiary/aromatic N) is 1. The number of thiophene rings is 1. The summed E-state index contributed by atoms with van der Waals surface area (Å²) in [6.45, 7) is 1.62. The van der Waals surface area contributed by atoms with Crippen molar-refractivity contribution >= 4 is 40.0 Å². The van der Waals surface area contributed by atoms with Gasteiger partial charge < -0.3 is 10.6 Å². The normalized spacial score (nSPS) is 21.3. The lowest BCUT2D eigenvalue weighted by Crippen LogP contribution is -2.47. The molecule has 158 valence electrons. The van der Waals surface area contributed by atoms with E-state index >= 15 is 0 Å². The number of urea groups is 1. The standard InChI is InChI=1S/C24H23N3O3S/c1-15(17-9-4-7-16-6-2-3-8-18(16)17)25-21(28)14-27-22(29)24(26-23(27)30)12-5-10-20-19(24)11-13-31-20/h2-4,6-9,11,13,15H,5,10,12,14H2,1H3,(H,25,28)(H,26,30)/t15-,24+/m0/s1. The fourth-order valence-electron chi connectivity index (χ4n) is 4.82.